The molecule has 3 nitrogen and oxygen atoms in total. The van der Waals surface area contributed by atoms with Crippen molar-refractivity contribution in [2.75, 3.05) is 32.2 Å². The van der Waals surface area contributed by atoms with Crippen molar-refractivity contribution < 1.29 is 9.47 Å². The van der Waals surface area contributed by atoms with E-state index in [0.717, 1.165) is 38.3 Å². The highest BCUT2D eigenvalue weighted by Crippen LogP contribution is 2.46. The van der Waals surface area contributed by atoms with Crippen molar-refractivity contribution in [2.45, 2.75) is 18.3 Å². The summed E-state index contributed by atoms with van der Waals surface area (Å²) in [7, 11) is 1.73. The summed E-state index contributed by atoms with van der Waals surface area (Å²) in [4.78, 5) is 0. The Morgan fingerprint density at radius 3 is 2.88 bits per heavy atom. The summed E-state index contributed by atoms with van der Waals surface area (Å²) >= 11 is 0. The summed E-state index contributed by atoms with van der Waals surface area (Å²) in [5.41, 5.74) is 2.88. The van der Waals surface area contributed by atoms with Gasteiger partial charge in [-0.15, -0.1) is 0 Å². The Hall–Kier alpha value is -1.22. The molecular formula is C13H17NO2. The van der Waals surface area contributed by atoms with E-state index in [4.69, 9.17) is 9.47 Å². The van der Waals surface area contributed by atoms with Gasteiger partial charge in [-0.25, -0.2) is 0 Å². The van der Waals surface area contributed by atoms with Crippen molar-refractivity contribution in [3.63, 3.8) is 0 Å². The van der Waals surface area contributed by atoms with Crippen LogP contribution in [0.2, 0.25) is 0 Å². The standard InChI is InChI=1S/C13H17NO2/c1-15-11-4-2-3-10-12(11)14-9-13(10)5-7-16-8-6-13/h2-4,14H,5-9H2,1H3. The zero-order valence-electron chi connectivity index (χ0n) is 9.58. The zero-order valence-corrected chi connectivity index (χ0v) is 9.58. The second kappa shape index (κ2) is 3.67. The van der Waals surface area contributed by atoms with Gasteiger partial charge in [0.15, 0.2) is 0 Å². The van der Waals surface area contributed by atoms with Crippen LogP contribution in [0.4, 0.5) is 5.69 Å². The predicted molar refractivity (Wildman–Crippen MR) is 63.2 cm³/mol. The first-order chi connectivity index (χ1) is 7.86. The Balaban J connectivity index is 2.04. The molecular weight excluding hydrogens is 202 g/mol. The number of fused-ring (bicyclic) bond motifs is 2. The molecule has 2 aliphatic heterocycles. The van der Waals surface area contributed by atoms with Gasteiger partial charge in [0, 0.05) is 25.2 Å². The van der Waals surface area contributed by atoms with Crippen LogP contribution in [0.25, 0.3) is 0 Å². The number of nitrogens with one attached hydrogen (secondary N) is 1. The molecule has 1 spiro atoms. The molecule has 1 fully saturated rings. The lowest BCUT2D eigenvalue weighted by Crippen LogP contribution is -2.35. The predicted octanol–water partition coefficient (Wildman–Crippen LogP) is 2.17. The highest BCUT2D eigenvalue weighted by molar-refractivity contribution is 5.68. The summed E-state index contributed by atoms with van der Waals surface area (Å²) in [6.07, 6.45) is 2.22. The Kier molecular flexibility index (Phi) is 2.28. The van der Waals surface area contributed by atoms with E-state index in [2.05, 4.69) is 17.4 Å². The van der Waals surface area contributed by atoms with Gasteiger partial charge >= 0.3 is 0 Å². The minimum absolute atomic E-state index is 0.280. The van der Waals surface area contributed by atoms with Gasteiger partial charge in [-0.2, -0.15) is 0 Å². The second-order valence-electron chi connectivity index (χ2n) is 4.63. The molecule has 3 heteroatoms. The third kappa shape index (κ3) is 1.31. The van der Waals surface area contributed by atoms with Gasteiger partial charge in [-0.05, 0) is 24.5 Å². The molecule has 0 unspecified atom stereocenters. The Morgan fingerprint density at radius 2 is 2.12 bits per heavy atom. The van der Waals surface area contributed by atoms with Crippen LogP contribution in [0.5, 0.6) is 5.75 Å². The summed E-state index contributed by atoms with van der Waals surface area (Å²) in [5, 5.41) is 3.50. The molecule has 2 aliphatic rings. The first-order valence-corrected chi connectivity index (χ1v) is 5.85. The molecule has 0 aromatic heterocycles. The molecule has 0 bridgehead atoms. The fraction of sp³-hybridized carbons (Fsp3) is 0.538. The number of para-hydroxylation sites is 1. The van der Waals surface area contributed by atoms with E-state index >= 15 is 0 Å². The Labute approximate surface area is 95.8 Å². The van der Waals surface area contributed by atoms with E-state index in [1.807, 2.05) is 6.07 Å². The SMILES string of the molecule is COc1cccc2c1NCC21CCOCC1. The van der Waals surface area contributed by atoms with E-state index in [0.29, 0.717) is 0 Å². The van der Waals surface area contributed by atoms with Crippen molar-refractivity contribution in [1.82, 2.24) is 0 Å². The maximum absolute atomic E-state index is 5.47. The zero-order chi connectivity index (χ0) is 11.0. The highest BCUT2D eigenvalue weighted by Gasteiger charge is 2.41. The van der Waals surface area contributed by atoms with Crippen LogP contribution in [0.15, 0.2) is 18.2 Å². The van der Waals surface area contributed by atoms with E-state index in [9.17, 15) is 0 Å². The summed E-state index contributed by atoms with van der Waals surface area (Å²) in [6, 6.07) is 6.33. The monoisotopic (exact) mass is 219 g/mol. The largest absolute Gasteiger partial charge is 0.495 e. The van der Waals surface area contributed by atoms with Crippen LogP contribution in [0, 0.1) is 0 Å². The lowest BCUT2D eigenvalue weighted by Gasteiger charge is -2.33. The second-order valence-corrected chi connectivity index (χ2v) is 4.63. The third-order valence-electron chi connectivity index (χ3n) is 3.87. The first-order valence-electron chi connectivity index (χ1n) is 5.85. The molecule has 1 aromatic carbocycles. The van der Waals surface area contributed by atoms with Crippen LogP contribution < -0.4 is 10.1 Å². The van der Waals surface area contributed by atoms with Gasteiger partial charge < -0.3 is 14.8 Å². The van der Waals surface area contributed by atoms with Crippen LogP contribution >= 0.6 is 0 Å². The molecule has 1 saturated heterocycles. The van der Waals surface area contributed by atoms with Crippen molar-refractivity contribution in [2.24, 2.45) is 0 Å². The molecule has 86 valence electrons. The Bertz CT molecular complexity index is 397. The minimum Gasteiger partial charge on any atom is -0.495 e. The quantitative estimate of drug-likeness (QED) is 0.785. The minimum atomic E-state index is 0.280. The number of ether oxygens (including phenoxy) is 2. The highest BCUT2D eigenvalue weighted by atomic mass is 16.5. The number of hydrogen-bond acceptors (Lipinski definition) is 3. The van der Waals surface area contributed by atoms with Crippen molar-refractivity contribution in [3.8, 4) is 5.75 Å². The maximum atomic E-state index is 5.47. The van der Waals surface area contributed by atoms with Crippen LogP contribution in [0.3, 0.4) is 0 Å². The van der Waals surface area contributed by atoms with Gasteiger partial charge in [0.1, 0.15) is 5.75 Å². The number of anilines is 1. The van der Waals surface area contributed by atoms with Crippen LogP contribution in [-0.4, -0.2) is 26.9 Å². The summed E-state index contributed by atoms with van der Waals surface area (Å²) in [5.74, 6) is 0.959. The lowest BCUT2D eigenvalue weighted by molar-refractivity contribution is 0.0567. The maximum Gasteiger partial charge on any atom is 0.142 e. The van der Waals surface area contributed by atoms with Gasteiger partial charge in [-0.1, -0.05) is 12.1 Å². The van der Waals surface area contributed by atoms with Gasteiger partial charge in [0.05, 0.1) is 12.8 Å². The fourth-order valence-corrected chi connectivity index (χ4v) is 2.89. The van der Waals surface area contributed by atoms with Crippen LogP contribution in [0.1, 0.15) is 18.4 Å². The average molecular weight is 219 g/mol. The molecule has 16 heavy (non-hydrogen) atoms. The Morgan fingerprint density at radius 1 is 1.31 bits per heavy atom. The van der Waals surface area contributed by atoms with E-state index in [1.54, 1.807) is 7.11 Å². The number of benzene rings is 1. The van der Waals surface area contributed by atoms with Crippen molar-refractivity contribution in [3.05, 3.63) is 23.8 Å². The lowest BCUT2D eigenvalue weighted by atomic mass is 9.76. The molecule has 1 N–H and O–H groups in total. The number of rotatable bonds is 1. The third-order valence-corrected chi connectivity index (χ3v) is 3.87. The van der Waals surface area contributed by atoms with Crippen molar-refractivity contribution >= 4 is 5.69 Å². The first kappa shape index (κ1) is 9.97. The van der Waals surface area contributed by atoms with Gasteiger partial charge in [-0.3, -0.25) is 0 Å². The van der Waals surface area contributed by atoms with Crippen molar-refractivity contribution in [1.29, 1.82) is 0 Å². The molecule has 0 atom stereocenters. The fourth-order valence-electron chi connectivity index (χ4n) is 2.89. The average Bonchev–Trinajstić information content (AvgIpc) is 2.70. The molecule has 2 heterocycles. The van der Waals surface area contributed by atoms with E-state index in [-0.39, 0.29) is 5.41 Å². The molecule has 3 rings (SSSR count). The summed E-state index contributed by atoms with van der Waals surface area (Å²) in [6.45, 7) is 2.77. The molecule has 0 aliphatic carbocycles. The molecule has 0 amide bonds. The number of hydrogen-bond donors (Lipinski definition) is 1. The van der Waals surface area contributed by atoms with Gasteiger partial charge in [0.2, 0.25) is 0 Å². The van der Waals surface area contributed by atoms with Crippen LogP contribution in [-0.2, 0) is 10.2 Å². The molecule has 0 saturated carbocycles. The molecule has 1 aromatic rings. The van der Waals surface area contributed by atoms with E-state index in [1.165, 1.54) is 11.3 Å². The topological polar surface area (TPSA) is 30.5 Å². The smallest absolute Gasteiger partial charge is 0.142 e. The number of methoxy groups -OCH3 is 1. The molecule has 0 radical (unpaired) electrons. The summed E-state index contributed by atoms with van der Waals surface area (Å²) < 4.78 is 10.9. The van der Waals surface area contributed by atoms with E-state index < -0.39 is 0 Å². The normalized spacial score (nSPS) is 21.6. The van der Waals surface area contributed by atoms with Gasteiger partial charge in [0.25, 0.3) is 0 Å².